The van der Waals surface area contributed by atoms with Gasteiger partial charge in [-0.3, -0.25) is 9.59 Å². The van der Waals surface area contributed by atoms with Gasteiger partial charge >= 0.3 is 0 Å². The molecule has 2 rings (SSSR count). The SMILES string of the molecule is CC(=O)Nc1ccc(C)c(NC(=O)c2ccoc2Br)c1. The van der Waals surface area contributed by atoms with Crippen molar-refractivity contribution in [2.45, 2.75) is 13.8 Å². The first kappa shape index (κ1) is 14.3. The highest BCUT2D eigenvalue weighted by atomic mass is 79.9. The number of hydrogen-bond donors (Lipinski definition) is 2. The maximum Gasteiger partial charge on any atom is 0.260 e. The van der Waals surface area contributed by atoms with Gasteiger partial charge in [-0.2, -0.15) is 0 Å². The van der Waals surface area contributed by atoms with E-state index >= 15 is 0 Å². The summed E-state index contributed by atoms with van der Waals surface area (Å²) in [6.07, 6.45) is 1.43. The zero-order valence-electron chi connectivity index (χ0n) is 11.0. The van der Waals surface area contributed by atoms with E-state index in [4.69, 9.17) is 4.42 Å². The molecule has 20 heavy (non-hydrogen) atoms. The molecule has 2 amide bonds. The van der Waals surface area contributed by atoms with E-state index in [0.717, 1.165) is 5.56 Å². The van der Waals surface area contributed by atoms with E-state index in [1.807, 2.05) is 13.0 Å². The van der Waals surface area contributed by atoms with Crippen LogP contribution < -0.4 is 10.6 Å². The smallest absolute Gasteiger partial charge is 0.260 e. The van der Waals surface area contributed by atoms with Gasteiger partial charge in [-0.15, -0.1) is 0 Å². The quantitative estimate of drug-likeness (QED) is 0.900. The fraction of sp³-hybridized carbons (Fsp3) is 0.143. The molecular weight excluding hydrogens is 324 g/mol. The van der Waals surface area contributed by atoms with Crippen LogP contribution in [0.4, 0.5) is 11.4 Å². The number of carbonyl (C=O) groups is 2. The van der Waals surface area contributed by atoms with E-state index < -0.39 is 0 Å². The zero-order chi connectivity index (χ0) is 14.7. The lowest BCUT2D eigenvalue weighted by molar-refractivity contribution is -0.114. The van der Waals surface area contributed by atoms with Gasteiger partial charge in [-0.25, -0.2) is 0 Å². The molecule has 2 N–H and O–H groups in total. The number of amides is 2. The van der Waals surface area contributed by atoms with Crippen LogP contribution in [0.1, 0.15) is 22.8 Å². The average Bonchev–Trinajstić information content (AvgIpc) is 2.79. The van der Waals surface area contributed by atoms with Crippen molar-refractivity contribution in [3.05, 3.63) is 46.3 Å². The molecule has 2 aromatic rings. The lowest BCUT2D eigenvalue weighted by Crippen LogP contribution is -2.13. The summed E-state index contributed by atoms with van der Waals surface area (Å²) in [4.78, 5) is 23.1. The van der Waals surface area contributed by atoms with Crippen molar-refractivity contribution in [3.8, 4) is 0 Å². The van der Waals surface area contributed by atoms with Crippen molar-refractivity contribution < 1.29 is 14.0 Å². The number of benzene rings is 1. The Kier molecular flexibility index (Phi) is 4.24. The molecule has 0 aliphatic rings. The van der Waals surface area contributed by atoms with E-state index in [-0.39, 0.29) is 11.8 Å². The number of rotatable bonds is 3. The minimum atomic E-state index is -0.284. The molecule has 5 nitrogen and oxygen atoms in total. The number of hydrogen-bond acceptors (Lipinski definition) is 3. The fourth-order valence-corrected chi connectivity index (χ4v) is 2.10. The minimum Gasteiger partial charge on any atom is -0.457 e. The first-order valence-corrected chi connectivity index (χ1v) is 6.69. The lowest BCUT2D eigenvalue weighted by atomic mass is 10.1. The second-order valence-electron chi connectivity index (χ2n) is 4.27. The Balaban J connectivity index is 2.22. The number of aryl methyl sites for hydroxylation is 1. The molecule has 0 aliphatic carbocycles. The lowest BCUT2D eigenvalue weighted by Gasteiger charge is -2.10. The van der Waals surface area contributed by atoms with Gasteiger partial charge in [0.15, 0.2) is 4.67 Å². The summed E-state index contributed by atoms with van der Waals surface area (Å²) in [5, 5.41) is 5.46. The third-order valence-corrected chi connectivity index (χ3v) is 3.28. The molecule has 6 heteroatoms. The Morgan fingerprint density at radius 2 is 1.95 bits per heavy atom. The van der Waals surface area contributed by atoms with E-state index in [2.05, 4.69) is 26.6 Å². The van der Waals surface area contributed by atoms with Gasteiger partial charge in [0.05, 0.1) is 11.8 Å². The van der Waals surface area contributed by atoms with E-state index in [9.17, 15) is 9.59 Å². The van der Waals surface area contributed by atoms with Crippen LogP contribution in [0.5, 0.6) is 0 Å². The summed E-state index contributed by atoms with van der Waals surface area (Å²) in [6.45, 7) is 3.30. The monoisotopic (exact) mass is 336 g/mol. The summed E-state index contributed by atoms with van der Waals surface area (Å²) >= 11 is 3.16. The van der Waals surface area contributed by atoms with Crippen LogP contribution in [0.25, 0.3) is 0 Å². The highest BCUT2D eigenvalue weighted by Gasteiger charge is 2.14. The molecule has 0 unspecified atom stereocenters. The molecule has 0 saturated carbocycles. The van der Waals surface area contributed by atoms with Crippen molar-refractivity contribution in [3.63, 3.8) is 0 Å². The molecule has 0 atom stereocenters. The largest absolute Gasteiger partial charge is 0.457 e. The maximum absolute atomic E-state index is 12.1. The molecule has 0 bridgehead atoms. The van der Waals surface area contributed by atoms with E-state index in [1.54, 1.807) is 18.2 Å². The molecule has 1 aromatic carbocycles. The van der Waals surface area contributed by atoms with Crippen molar-refractivity contribution >= 4 is 39.1 Å². The third kappa shape index (κ3) is 3.27. The first-order chi connectivity index (χ1) is 9.47. The predicted octanol–water partition coefficient (Wildman–Crippen LogP) is 3.56. The summed E-state index contributed by atoms with van der Waals surface area (Å²) in [5.41, 5.74) is 2.57. The van der Waals surface area contributed by atoms with Gasteiger partial charge in [0.25, 0.3) is 5.91 Å². The molecule has 0 radical (unpaired) electrons. The van der Waals surface area contributed by atoms with Gasteiger partial charge in [-0.05, 0) is 46.6 Å². The van der Waals surface area contributed by atoms with Crippen LogP contribution in [0.2, 0.25) is 0 Å². The van der Waals surface area contributed by atoms with Crippen LogP contribution in [-0.2, 0) is 4.79 Å². The summed E-state index contributed by atoms with van der Waals surface area (Å²) in [6, 6.07) is 6.89. The van der Waals surface area contributed by atoms with Crippen LogP contribution in [0.15, 0.2) is 39.6 Å². The van der Waals surface area contributed by atoms with Crippen molar-refractivity contribution in [2.75, 3.05) is 10.6 Å². The Hall–Kier alpha value is -2.08. The first-order valence-electron chi connectivity index (χ1n) is 5.90. The second kappa shape index (κ2) is 5.92. The van der Waals surface area contributed by atoms with Gasteiger partial charge in [0.2, 0.25) is 5.91 Å². The van der Waals surface area contributed by atoms with Gasteiger partial charge in [0.1, 0.15) is 0 Å². The number of anilines is 2. The highest BCUT2D eigenvalue weighted by molar-refractivity contribution is 9.10. The molecule has 0 spiro atoms. The summed E-state index contributed by atoms with van der Waals surface area (Å²) < 4.78 is 5.41. The maximum atomic E-state index is 12.1. The Labute approximate surface area is 124 Å². The molecule has 0 saturated heterocycles. The average molecular weight is 337 g/mol. The minimum absolute atomic E-state index is 0.163. The molecule has 0 aliphatic heterocycles. The fourth-order valence-electron chi connectivity index (χ4n) is 1.68. The molecule has 0 fully saturated rings. The van der Waals surface area contributed by atoms with Crippen molar-refractivity contribution in [1.82, 2.24) is 0 Å². The molecule has 104 valence electrons. The van der Waals surface area contributed by atoms with Crippen LogP contribution in [-0.4, -0.2) is 11.8 Å². The number of nitrogens with one attached hydrogen (secondary N) is 2. The molecule has 1 heterocycles. The van der Waals surface area contributed by atoms with Crippen molar-refractivity contribution in [1.29, 1.82) is 0 Å². The van der Waals surface area contributed by atoms with Crippen LogP contribution in [0, 0.1) is 6.92 Å². The molecule has 1 aromatic heterocycles. The summed E-state index contributed by atoms with van der Waals surface area (Å²) in [5.74, 6) is -0.447. The Bertz CT molecular complexity index is 664. The molecular formula is C14H13BrN2O3. The van der Waals surface area contributed by atoms with E-state index in [1.165, 1.54) is 13.2 Å². The van der Waals surface area contributed by atoms with Gasteiger partial charge in [0, 0.05) is 18.3 Å². The number of halogens is 1. The van der Waals surface area contributed by atoms with Crippen LogP contribution in [0.3, 0.4) is 0 Å². The van der Waals surface area contributed by atoms with Gasteiger partial charge < -0.3 is 15.1 Å². The number of carbonyl (C=O) groups excluding carboxylic acids is 2. The Morgan fingerprint density at radius 1 is 1.20 bits per heavy atom. The van der Waals surface area contributed by atoms with Crippen molar-refractivity contribution in [2.24, 2.45) is 0 Å². The highest BCUT2D eigenvalue weighted by Crippen LogP contribution is 2.23. The predicted molar refractivity (Wildman–Crippen MR) is 79.8 cm³/mol. The zero-order valence-corrected chi connectivity index (χ0v) is 12.6. The Morgan fingerprint density at radius 3 is 2.55 bits per heavy atom. The standard InChI is InChI=1S/C14H13BrN2O3/c1-8-3-4-10(16-9(2)18)7-12(8)17-14(19)11-5-6-20-13(11)15/h3-7H,1-2H3,(H,16,18)(H,17,19). The normalized spacial score (nSPS) is 10.2. The van der Waals surface area contributed by atoms with E-state index in [0.29, 0.717) is 21.6 Å². The second-order valence-corrected chi connectivity index (χ2v) is 4.99. The topological polar surface area (TPSA) is 71.3 Å². The third-order valence-electron chi connectivity index (χ3n) is 2.67. The summed E-state index contributed by atoms with van der Waals surface area (Å²) in [7, 11) is 0. The number of furan rings is 1. The van der Waals surface area contributed by atoms with Crippen LogP contribution >= 0.6 is 15.9 Å². The van der Waals surface area contributed by atoms with Gasteiger partial charge in [-0.1, -0.05) is 6.07 Å².